The lowest BCUT2D eigenvalue weighted by Crippen LogP contribution is -2.62. The van der Waals surface area contributed by atoms with Gasteiger partial charge in [0.15, 0.2) is 11.5 Å². The van der Waals surface area contributed by atoms with Crippen LogP contribution in [0.1, 0.15) is 17.2 Å². The van der Waals surface area contributed by atoms with E-state index in [2.05, 4.69) is 0 Å². The minimum absolute atomic E-state index is 0.120. The highest BCUT2D eigenvalue weighted by atomic mass is 35.5. The van der Waals surface area contributed by atoms with Crippen molar-refractivity contribution in [3.8, 4) is 11.5 Å². The Labute approximate surface area is 156 Å². The zero-order valence-electron chi connectivity index (χ0n) is 13.8. The predicted molar refractivity (Wildman–Crippen MR) is 97.3 cm³/mol. The molecule has 0 aromatic heterocycles. The molecule has 0 spiro atoms. The maximum absolute atomic E-state index is 12.3. The van der Waals surface area contributed by atoms with E-state index in [1.54, 1.807) is 31.3 Å². The third kappa shape index (κ3) is 3.27. The predicted octanol–water partition coefficient (Wildman–Crippen LogP) is 3.42. The molecule has 0 saturated carbocycles. The zero-order chi connectivity index (χ0) is 18.1. The van der Waals surface area contributed by atoms with E-state index in [1.807, 2.05) is 24.3 Å². The number of methoxy groups -OCH3 is 2. The van der Waals surface area contributed by atoms with E-state index in [0.29, 0.717) is 28.1 Å². The summed E-state index contributed by atoms with van der Waals surface area (Å²) in [4.78, 5) is 14.0. The lowest BCUT2D eigenvalue weighted by molar-refractivity contribution is -0.150. The topological polar surface area (TPSA) is 64.8 Å². The molecule has 0 unspecified atom stereocenters. The maximum Gasteiger partial charge on any atom is 0.242 e. The smallest absolute Gasteiger partial charge is 0.242 e. The van der Waals surface area contributed by atoms with Gasteiger partial charge in [-0.15, -0.1) is 0 Å². The molecule has 1 fully saturated rings. The fourth-order valence-corrected chi connectivity index (χ4v) is 3.55. The van der Waals surface area contributed by atoms with Crippen molar-refractivity contribution in [3.05, 3.63) is 57.6 Å². The van der Waals surface area contributed by atoms with E-state index in [9.17, 15) is 4.79 Å². The molecule has 0 radical (unpaired) electrons. The number of rotatable bonds is 5. The number of hydrogen-bond acceptors (Lipinski definition) is 4. The van der Waals surface area contributed by atoms with Crippen LogP contribution in [0.15, 0.2) is 36.4 Å². The number of carbonyl (C=O) groups excluding carboxylic acids is 1. The standard InChI is InChI=1S/C18H18Cl2N2O3/c1-24-14-6-3-10(7-15(14)25-2)9-22-17(16(21)18(22)23)12-5-4-11(19)8-13(12)20/h3-8,16-17H,9,21H2,1-2H3/t16-,17-/m1/s1. The van der Waals surface area contributed by atoms with Crippen LogP contribution < -0.4 is 15.2 Å². The molecule has 0 bridgehead atoms. The summed E-state index contributed by atoms with van der Waals surface area (Å²) in [5.41, 5.74) is 7.72. The fraction of sp³-hybridized carbons (Fsp3) is 0.278. The Kier molecular flexibility index (Phi) is 5.08. The summed E-state index contributed by atoms with van der Waals surface area (Å²) in [7, 11) is 3.15. The van der Waals surface area contributed by atoms with Crippen LogP contribution in [0.3, 0.4) is 0 Å². The van der Waals surface area contributed by atoms with Crippen LogP contribution in [0.4, 0.5) is 0 Å². The highest BCUT2D eigenvalue weighted by molar-refractivity contribution is 6.35. The molecule has 2 aromatic carbocycles. The quantitative estimate of drug-likeness (QED) is 0.807. The van der Waals surface area contributed by atoms with Crippen LogP contribution in [0.25, 0.3) is 0 Å². The molecule has 2 aromatic rings. The molecule has 0 aliphatic carbocycles. The SMILES string of the molecule is COc1ccc(CN2C(=O)[C@H](N)[C@H]2c2ccc(Cl)cc2Cl)cc1OC. The lowest BCUT2D eigenvalue weighted by atomic mass is 9.88. The third-order valence-electron chi connectivity index (χ3n) is 4.33. The number of carbonyl (C=O) groups is 1. The fourth-order valence-electron chi connectivity index (χ4n) is 3.03. The van der Waals surface area contributed by atoms with Crippen molar-refractivity contribution in [1.82, 2.24) is 4.90 Å². The van der Waals surface area contributed by atoms with Gasteiger partial charge in [0.2, 0.25) is 5.91 Å². The molecule has 1 saturated heterocycles. The van der Waals surface area contributed by atoms with Crippen molar-refractivity contribution in [2.75, 3.05) is 14.2 Å². The minimum atomic E-state index is -0.612. The normalized spacial score (nSPS) is 19.6. The number of amides is 1. The summed E-state index contributed by atoms with van der Waals surface area (Å²) in [6, 6.07) is 9.85. The third-order valence-corrected chi connectivity index (χ3v) is 4.89. The van der Waals surface area contributed by atoms with Gasteiger partial charge in [-0.3, -0.25) is 4.79 Å². The second kappa shape index (κ2) is 7.12. The van der Waals surface area contributed by atoms with Crippen LogP contribution in [0.2, 0.25) is 10.0 Å². The zero-order valence-corrected chi connectivity index (χ0v) is 15.3. The summed E-state index contributed by atoms with van der Waals surface area (Å²) in [6.07, 6.45) is 0. The van der Waals surface area contributed by atoms with Crippen molar-refractivity contribution in [1.29, 1.82) is 0 Å². The van der Waals surface area contributed by atoms with Gasteiger partial charge in [-0.25, -0.2) is 0 Å². The Bertz CT molecular complexity index is 813. The second-order valence-corrected chi connectivity index (χ2v) is 6.64. The van der Waals surface area contributed by atoms with E-state index in [-0.39, 0.29) is 11.9 Å². The summed E-state index contributed by atoms with van der Waals surface area (Å²) in [5, 5.41) is 1.04. The Morgan fingerprint density at radius 1 is 1.08 bits per heavy atom. The molecule has 132 valence electrons. The molecule has 1 aliphatic rings. The van der Waals surface area contributed by atoms with Crippen molar-refractivity contribution in [2.24, 2.45) is 5.73 Å². The highest BCUT2D eigenvalue weighted by Crippen LogP contribution is 2.40. The number of likely N-dealkylation sites (tertiary alicyclic amines) is 1. The first-order valence-electron chi connectivity index (χ1n) is 7.68. The minimum Gasteiger partial charge on any atom is -0.493 e. The summed E-state index contributed by atoms with van der Waals surface area (Å²) in [6.45, 7) is 0.399. The van der Waals surface area contributed by atoms with E-state index in [0.717, 1.165) is 11.1 Å². The van der Waals surface area contributed by atoms with E-state index < -0.39 is 6.04 Å². The number of nitrogens with zero attached hydrogens (tertiary/aromatic N) is 1. The van der Waals surface area contributed by atoms with Crippen LogP contribution in [-0.4, -0.2) is 31.1 Å². The molecule has 2 atom stereocenters. The number of β-lactam (4-membered cyclic amide) rings is 1. The van der Waals surface area contributed by atoms with Crippen molar-refractivity contribution in [2.45, 2.75) is 18.6 Å². The molecule has 2 N–H and O–H groups in total. The Balaban J connectivity index is 1.87. The first-order chi connectivity index (χ1) is 12.0. The second-order valence-electron chi connectivity index (χ2n) is 5.79. The van der Waals surface area contributed by atoms with Gasteiger partial charge in [0.05, 0.1) is 20.3 Å². The first kappa shape index (κ1) is 17.9. The molecule has 5 nitrogen and oxygen atoms in total. The Hall–Kier alpha value is -1.95. The molecular formula is C18H18Cl2N2O3. The molecule has 7 heteroatoms. The Morgan fingerprint density at radius 2 is 1.80 bits per heavy atom. The van der Waals surface area contributed by atoms with Crippen molar-refractivity contribution in [3.63, 3.8) is 0 Å². The number of halogens is 2. The number of nitrogens with two attached hydrogens (primary N) is 1. The average Bonchev–Trinajstić information content (AvgIpc) is 2.62. The van der Waals surface area contributed by atoms with Crippen LogP contribution >= 0.6 is 23.2 Å². The van der Waals surface area contributed by atoms with Gasteiger partial charge in [-0.1, -0.05) is 35.3 Å². The molecular weight excluding hydrogens is 363 g/mol. The van der Waals surface area contributed by atoms with Crippen molar-refractivity contribution < 1.29 is 14.3 Å². The number of benzene rings is 2. The van der Waals surface area contributed by atoms with E-state index in [1.165, 1.54) is 0 Å². The summed E-state index contributed by atoms with van der Waals surface area (Å²) >= 11 is 12.2. The van der Waals surface area contributed by atoms with Crippen molar-refractivity contribution >= 4 is 29.1 Å². The van der Waals surface area contributed by atoms with Gasteiger partial charge in [-0.05, 0) is 35.4 Å². The van der Waals surface area contributed by atoms with E-state index >= 15 is 0 Å². The largest absolute Gasteiger partial charge is 0.493 e. The van der Waals surface area contributed by atoms with Gasteiger partial charge in [0, 0.05) is 16.6 Å². The molecule has 1 amide bonds. The van der Waals surface area contributed by atoms with Crippen LogP contribution in [0, 0.1) is 0 Å². The monoisotopic (exact) mass is 380 g/mol. The molecule has 1 aliphatic heterocycles. The van der Waals surface area contributed by atoms with Gasteiger partial charge in [0.1, 0.15) is 6.04 Å². The number of ether oxygens (including phenoxy) is 2. The van der Waals surface area contributed by atoms with Gasteiger partial charge >= 0.3 is 0 Å². The van der Waals surface area contributed by atoms with Gasteiger partial charge in [0.25, 0.3) is 0 Å². The summed E-state index contributed by atoms with van der Waals surface area (Å²) < 4.78 is 10.5. The average molecular weight is 381 g/mol. The molecule has 3 rings (SSSR count). The lowest BCUT2D eigenvalue weighted by Gasteiger charge is -2.46. The molecule has 1 heterocycles. The highest BCUT2D eigenvalue weighted by Gasteiger charge is 2.46. The summed E-state index contributed by atoms with van der Waals surface area (Å²) in [5.74, 6) is 1.12. The Morgan fingerprint density at radius 3 is 2.44 bits per heavy atom. The van der Waals surface area contributed by atoms with Crippen LogP contribution in [0.5, 0.6) is 11.5 Å². The van der Waals surface area contributed by atoms with Crippen LogP contribution in [-0.2, 0) is 11.3 Å². The first-order valence-corrected chi connectivity index (χ1v) is 8.43. The maximum atomic E-state index is 12.3. The molecule has 25 heavy (non-hydrogen) atoms. The van der Waals surface area contributed by atoms with Gasteiger partial charge < -0.3 is 20.1 Å². The van der Waals surface area contributed by atoms with E-state index in [4.69, 9.17) is 38.4 Å². The van der Waals surface area contributed by atoms with Gasteiger partial charge in [-0.2, -0.15) is 0 Å². The number of hydrogen-bond donors (Lipinski definition) is 1.